The number of nitrogens with zero attached hydrogens (tertiary/aromatic N) is 5. The first-order valence-electron chi connectivity index (χ1n) is 8.48. The van der Waals surface area contributed by atoms with E-state index in [4.69, 9.17) is 4.52 Å². The molecule has 1 atom stereocenters. The van der Waals surface area contributed by atoms with Crippen LogP contribution in [-0.4, -0.2) is 51.1 Å². The van der Waals surface area contributed by atoms with Gasteiger partial charge in [0.25, 0.3) is 0 Å². The van der Waals surface area contributed by atoms with Crippen LogP contribution in [0.2, 0.25) is 0 Å². The second kappa shape index (κ2) is 6.37. The summed E-state index contributed by atoms with van der Waals surface area (Å²) in [5.41, 5.74) is 1.28. The lowest BCUT2D eigenvalue weighted by Crippen LogP contribution is -2.46. The van der Waals surface area contributed by atoms with E-state index in [2.05, 4.69) is 37.9 Å². The average molecular weight is 313 g/mol. The summed E-state index contributed by atoms with van der Waals surface area (Å²) in [6.45, 7) is 7.32. The van der Waals surface area contributed by atoms with Crippen LogP contribution in [0.3, 0.4) is 0 Å². The summed E-state index contributed by atoms with van der Waals surface area (Å²) in [5, 5.41) is 4.13. The van der Waals surface area contributed by atoms with E-state index in [1.54, 1.807) is 0 Å². The zero-order valence-corrected chi connectivity index (χ0v) is 13.6. The lowest BCUT2D eigenvalue weighted by Gasteiger charge is -2.36. The van der Waals surface area contributed by atoms with Crippen molar-refractivity contribution in [3.8, 4) is 0 Å². The second-order valence-electron chi connectivity index (χ2n) is 6.61. The number of hydrogen-bond donors (Lipinski definition) is 0. The van der Waals surface area contributed by atoms with Gasteiger partial charge in [-0.25, -0.2) is 0 Å². The Bertz CT molecular complexity index is 631. The van der Waals surface area contributed by atoms with Gasteiger partial charge in [0, 0.05) is 51.0 Å². The number of rotatable bonds is 5. The van der Waals surface area contributed by atoms with Gasteiger partial charge < -0.3 is 4.52 Å². The first-order chi connectivity index (χ1) is 11.3. The van der Waals surface area contributed by atoms with E-state index >= 15 is 0 Å². The normalized spacial score (nSPS) is 21.4. The maximum Gasteiger partial charge on any atom is 0.243 e. The lowest BCUT2D eigenvalue weighted by atomic mass is 10.2. The quantitative estimate of drug-likeness (QED) is 0.843. The highest BCUT2D eigenvalue weighted by Gasteiger charge is 2.31. The summed E-state index contributed by atoms with van der Waals surface area (Å²) in [6, 6.07) is 4.34. The molecule has 1 aliphatic heterocycles. The van der Waals surface area contributed by atoms with Crippen molar-refractivity contribution in [2.45, 2.75) is 38.3 Å². The average Bonchev–Trinajstić information content (AvgIpc) is 3.33. The van der Waals surface area contributed by atoms with Gasteiger partial charge in [-0.3, -0.25) is 14.8 Å². The van der Waals surface area contributed by atoms with Crippen LogP contribution in [0.5, 0.6) is 0 Å². The van der Waals surface area contributed by atoms with Crippen molar-refractivity contribution in [1.82, 2.24) is 24.9 Å². The van der Waals surface area contributed by atoms with E-state index in [0.717, 1.165) is 44.4 Å². The molecule has 1 aliphatic carbocycles. The van der Waals surface area contributed by atoms with Crippen molar-refractivity contribution < 1.29 is 4.52 Å². The Kier molecular flexibility index (Phi) is 4.10. The van der Waals surface area contributed by atoms with Crippen LogP contribution in [-0.2, 0) is 6.54 Å². The molecular formula is C17H23N5O. The maximum absolute atomic E-state index is 5.48. The summed E-state index contributed by atoms with van der Waals surface area (Å²) in [6.07, 6.45) is 6.19. The molecule has 0 radical (unpaired) electrons. The van der Waals surface area contributed by atoms with Crippen LogP contribution in [0, 0.1) is 0 Å². The summed E-state index contributed by atoms with van der Waals surface area (Å²) in [4.78, 5) is 13.7. The molecule has 0 spiro atoms. The monoisotopic (exact) mass is 313 g/mol. The topological polar surface area (TPSA) is 58.3 Å². The molecule has 6 heteroatoms. The molecule has 2 fully saturated rings. The third-order valence-corrected chi connectivity index (χ3v) is 4.84. The fourth-order valence-electron chi connectivity index (χ4n) is 3.14. The molecule has 1 saturated heterocycles. The maximum atomic E-state index is 5.48. The van der Waals surface area contributed by atoms with E-state index in [-0.39, 0.29) is 6.04 Å². The molecule has 0 bridgehead atoms. The Balaban J connectivity index is 1.31. The van der Waals surface area contributed by atoms with E-state index in [1.807, 2.05) is 18.5 Å². The number of hydrogen-bond acceptors (Lipinski definition) is 6. The van der Waals surface area contributed by atoms with Crippen LogP contribution in [0.15, 0.2) is 29.0 Å². The standard InChI is InChI=1S/C17H23N5O/c1-13(17-19-16(20-23-17)15-4-5-15)22-9-7-21(8-10-22)12-14-3-2-6-18-11-14/h2-3,6,11,13,15H,4-5,7-10,12H2,1H3/t13-/m0/s1. The number of pyridine rings is 1. The van der Waals surface area contributed by atoms with Gasteiger partial charge in [-0.15, -0.1) is 0 Å². The van der Waals surface area contributed by atoms with Crippen molar-refractivity contribution in [2.24, 2.45) is 0 Å². The zero-order valence-electron chi connectivity index (χ0n) is 13.6. The Morgan fingerprint density at radius 2 is 2.09 bits per heavy atom. The summed E-state index contributed by atoms with van der Waals surface area (Å²) >= 11 is 0. The van der Waals surface area contributed by atoms with Gasteiger partial charge in [0.05, 0.1) is 6.04 Å². The van der Waals surface area contributed by atoms with Crippen LogP contribution in [0.25, 0.3) is 0 Å². The SMILES string of the molecule is C[C@@H](c1nc(C2CC2)no1)N1CCN(Cc2cccnc2)CC1. The molecule has 3 heterocycles. The van der Waals surface area contributed by atoms with Gasteiger partial charge >= 0.3 is 0 Å². The van der Waals surface area contributed by atoms with Gasteiger partial charge in [-0.2, -0.15) is 4.98 Å². The molecule has 23 heavy (non-hydrogen) atoms. The number of piperazine rings is 1. The fourth-order valence-corrected chi connectivity index (χ4v) is 3.14. The molecule has 4 rings (SSSR count). The van der Waals surface area contributed by atoms with E-state index in [1.165, 1.54) is 18.4 Å². The second-order valence-corrected chi connectivity index (χ2v) is 6.61. The number of aromatic nitrogens is 3. The Morgan fingerprint density at radius 1 is 1.26 bits per heavy atom. The van der Waals surface area contributed by atoms with Crippen molar-refractivity contribution in [3.63, 3.8) is 0 Å². The molecule has 0 N–H and O–H groups in total. The summed E-state index contributed by atoms with van der Waals surface area (Å²) in [5.74, 6) is 2.23. The third-order valence-electron chi connectivity index (χ3n) is 4.84. The molecule has 6 nitrogen and oxygen atoms in total. The highest BCUT2D eigenvalue weighted by Crippen LogP contribution is 2.38. The highest BCUT2D eigenvalue weighted by molar-refractivity contribution is 5.08. The Morgan fingerprint density at radius 3 is 2.78 bits per heavy atom. The highest BCUT2D eigenvalue weighted by atomic mass is 16.5. The zero-order chi connectivity index (χ0) is 15.6. The molecule has 1 saturated carbocycles. The molecule has 2 aromatic heterocycles. The molecule has 0 unspecified atom stereocenters. The van der Waals surface area contributed by atoms with Crippen molar-refractivity contribution >= 4 is 0 Å². The molecule has 2 aliphatic rings. The van der Waals surface area contributed by atoms with Gasteiger partial charge in [-0.1, -0.05) is 11.2 Å². The van der Waals surface area contributed by atoms with Gasteiger partial charge in [0.1, 0.15) is 0 Å². The van der Waals surface area contributed by atoms with E-state index in [0.29, 0.717) is 5.92 Å². The van der Waals surface area contributed by atoms with Gasteiger partial charge in [-0.05, 0) is 31.4 Å². The predicted molar refractivity (Wildman–Crippen MR) is 85.8 cm³/mol. The molecular weight excluding hydrogens is 290 g/mol. The van der Waals surface area contributed by atoms with Gasteiger partial charge in [0.15, 0.2) is 5.82 Å². The van der Waals surface area contributed by atoms with Crippen molar-refractivity contribution in [2.75, 3.05) is 26.2 Å². The molecule has 2 aromatic rings. The third kappa shape index (κ3) is 3.43. The van der Waals surface area contributed by atoms with Crippen molar-refractivity contribution in [1.29, 1.82) is 0 Å². The lowest BCUT2D eigenvalue weighted by molar-refractivity contribution is 0.0845. The first-order valence-corrected chi connectivity index (χ1v) is 8.48. The smallest absolute Gasteiger partial charge is 0.243 e. The Hall–Kier alpha value is -1.79. The first kappa shape index (κ1) is 14.8. The minimum absolute atomic E-state index is 0.204. The van der Waals surface area contributed by atoms with E-state index < -0.39 is 0 Å². The van der Waals surface area contributed by atoms with Crippen molar-refractivity contribution in [3.05, 3.63) is 41.8 Å². The molecule has 122 valence electrons. The summed E-state index contributed by atoms with van der Waals surface area (Å²) < 4.78 is 5.48. The fraction of sp³-hybridized carbons (Fsp3) is 0.588. The predicted octanol–water partition coefficient (Wildman–Crippen LogP) is 2.22. The minimum Gasteiger partial charge on any atom is -0.338 e. The summed E-state index contributed by atoms with van der Waals surface area (Å²) in [7, 11) is 0. The van der Waals surface area contributed by atoms with Crippen LogP contribution < -0.4 is 0 Å². The largest absolute Gasteiger partial charge is 0.338 e. The minimum atomic E-state index is 0.204. The molecule has 0 aromatic carbocycles. The Labute approximate surface area is 136 Å². The van der Waals surface area contributed by atoms with E-state index in [9.17, 15) is 0 Å². The van der Waals surface area contributed by atoms with Crippen LogP contribution in [0.1, 0.15) is 49.0 Å². The van der Waals surface area contributed by atoms with Gasteiger partial charge in [0.2, 0.25) is 5.89 Å². The van der Waals surface area contributed by atoms with Crippen LogP contribution in [0.4, 0.5) is 0 Å². The van der Waals surface area contributed by atoms with Crippen LogP contribution >= 0.6 is 0 Å². The molecule has 0 amide bonds.